The van der Waals surface area contributed by atoms with Crippen LogP contribution in [-0.4, -0.2) is 0 Å². The van der Waals surface area contributed by atoms with Crippen LogP contribution in [-0.2, 0) is 0 Å². The Morgan fingerprint density at radius 2 is 1.75 bits per heavy atom. The van der Waals surface area contributed by atoms with Crippen LogP contribution >= 0.6 is 0 Å². The van der Waals surface area contributed by atoms with E-state index < -0.39 is 0 Å². The van der Waals surface area contributed by atoms with Gasteiger partial charge in [-0.2, -0.15) is 0 Å². The molecular formula is C20H28. The summed E-state index contributed by atoms with van der Waals surface area (Å²) in [5.74, 6) is 0. The molecule has 0 spiro atoms. The Kier molecular flexibility index (Phi) is 6.01. The van der Waals surface area contributed by atoms with Crippen molar-refractivity contribution in [3.63, 3.8) is 0 Å². The average Bonchev–Trinajstić information content (AvgIpc) is 2.35. The lowest BCUT2D eigenvalue weighted by molar-refractivity contribution is 0.873. The fourth-order valence-corrected chi connectivity index (χ4v) is 2.69. The summed E-state index contributed by atoms with van der Waals surface area (Å²) in [6, 6.07) is 6.66. The number of hydrogen-bond donors (Lipinski definition) is 0. The molecule has 0 saturated carbocycles. The molecule has 1 aromatic carbocycles. The van der Waals surface area contributed by atoms with Gasteiger partial charge in [-0.25, -0.2) is 0 Å². The van der Waals surface area contributed by atoms with E-state index in [1.54, 1.807) is 0 Å². The second kappa shape index (κ2) is 7.28. The molecule has 0 amide bonds. The minimum Gasteiger partial charge on any atom is -0.0995 e. The third kappa shape index (κ3) is 4.23. The van der Waals surface area contributed by atoms with Crippen molar-refractivity contribution in [3.8, 4) is 0 Å². The summed E-state index contributed by atoms with van der Waals surface area (Å²) in [6.07, 6.45) is 3.20. The highest BCUT2D eigenvalue weighted by Gasteiger charge is 2.09. The molecule has 0 bridgehead atoms. The monoisotopic (exact) mass is 268 g/mol. The molecule has 0 saturated heterocycles. The summed E-state index contributed by atoms with van der Waals surface area (Å²) >= 11 is 0. The molecule has 0 N–H and O–H groups in total. The molecule has 0 radical (unpaired) electrons. The van der Waals surface area contributed by atoms with Gasteiger partial charge in [0, 0.05) is 0 Å². The van der Waals surface area contributed by atoms with E-state index in [-0.39, 0.29) is 0 Å². The number of aryl methyl sites for hydroxylation is 2. The van der Waals surface area contributed by atoms with Gasteiger partial charge in [-0.1, -0.05) is 61.4 Å². The minimum absolute atomic E-state index is 0.947. The molecule has 0 unspecified atom stereocenters. The van der Waals surface area contributed by atoms with Crippen molar-refractivity contribution < 1.29 is 0 Å². The third-order valence-electron chi connectivity index (χ3n) is 3.78. The third-order valence-corrected chi connectivity index (χ3v) is 3.78. The Labute approximate surface area is 124 Å². The van der Waals surface area contributed by atoms with E-state index in [1.807, 2.05) is 0 Å². The van der Waals surface area contributed by atoms with Gasteiger partial charge in [-0.3, -0.25) is 0 Å². The van der Waals surface area contributed by atoms with Crippen molar-refractivity contribution in [1.82, 2.24) is 0 Å². The predicted molar refractivity (Wildman–Crippen MR) is 92.0 cm³/mol. The van der Waals surface area contributed by atoms with Gasteiger partial charge < -0.3 is 0 Å². The molecule has 1 aromatic rings. The van der Waals surface area contributed by atoms with Gasteiger partial charge >= 0.3 is 0 Å². The maximum atomic E-state index is 4.20. The van der Waals surface area contributed by atoms with Crippen LogP contribution in [0, 0.1) is 13.8 Å². The highest BCUT2D eigenvalue weighted by atomic mass is 14.1. The molecule has 0 fully saturated rings. The lowest BCUT2D eigenvalue weighted by Crippen LogP contribution is -1.96. The van der Waals surface area contributed by atoms with E-state index in [2.05, 4.69) is 66.0 Å². The van der Waals surface area contributed by atoms with E-state index in [4.69, 9.17) is 0 Å². The number of benzene rings is 1. The normalized spacial score (nSPS) is 12.1. The van der Waals surface area contributed by atoms with Crippen molar-refractivity contribution in [1.29, 1.82) is 0 Å². The number of allylic oxidation sites excluding steroid dienone is 4. The molecule has 20 heavy (non-hydrogen) atoms. The summed E-state index contributed by atoms with van der Waals surface area (Å²) in [5.41, 5.74) is 9.11. The highest BCUT2D eigenvalue weighted by Crippen LogP contribution is 2.30. The average molecular weight is 268 g/mol. The first-order chi connectivity index (χ1) is 9.36. The molecule has 0 aliphatic carbocycles. The molecule has 0 aromatic heterocycles. The Morgan fingerprint density at radius 3 is 2.25 bits per heavy atom. The van der Waals surface area contributed by atoms with Gasteiger partial charge in [0.2, 0.25) is 0 Å². The highest BCUT2D eigenvalue weighted by molar-refractivity contribution is 5.73. The molecule has 0 heteroatoms. The van der Waals surface area contributed by atoms with Crippen LogP contribution < -0.4 is 0 Å². The zero-order valence-electron chi connectivity index (χ0n) is 13.8. The Morgan fingerprint density at radius 1 is 1.10 bits per heavy atom. The number of hydrogen-bond acceptors (Lipinski definition) is 0. The van der Waals surface area contributed by atoms with E-state index >= 15 is 0 Å². The van der Waals surface area contributed by atoms with Crippen LogP contribution in [0.1, 0.15) is 56.7 Å². The topological polar surface area (TPSA) is 0 Å². The molecule has 0 atom stereocenters. The van der Waals surface area contributed by atoms with Crippen LogP contribution in [0.15, 0.2) is 48.1 Å². The lowest BCUT2D eigenvalue weighted by Gasteiger charge is -2.16. The molecule has 0 nitrogen and oxygen atoms in total. The van der Waals surface area contributed by atoms with Crippen LogP contribution in [0.25, 0.3) is 5.57 Å². The zero-order valence-corrected chi connectivity index (χ0v) is 13.8. The second-order valence-corrected chi connectivity index (χ2v) is 5.88. The van der Waals surface area contributed by atoms with Gasteiger partial charge in [0.25, 0.3) is 0 Å². The predicted octanol–water partition coefficient (Wildman–Crippen LogP) is 6.40. The molecule has 0 aliphatic rings. The Hall–Kier alpha value is -1.56. The van der Waals surface area contributed by atoms with Gasteiger partial charge in [-0.05, 0) is 62.8 Å². The minimum atomic E-state index is 0.947. The fraction of sp³-hybridized carbons (Fsp3) is 0.400. The summed E-state index contributed by atoms with van der Waals surface area (Å²) in [6.45, 7) is 19.2. The summed E-state index contributed by atoms with van der Waals surface area (Å²) in [7, 11) is 0. The van der Waals surface area contributed by atoms with Crippen molar-refractivity contribution in [2.24, 2.45) is 0 Å². The molecule has 108 valence electrons. The zero-order chi connectivity index (χ0) is 15.3. The van der Waals surface area contributed by atoms with Crippen LogP contribution in [0.2, 0.25) is 0 Å². The molecular weight excluding hydrogens is 240 g/mol. The van der Waals surface area contributed by atoms with Crippen molar-refractivity contribution in [3.05, 3.63) is 64.8 Å². The van der Waals surface area contributed by atoms with E-state index in [0.717, 1.165) is 24.8 Å². The largest absolute Gasteiger partial charge is 0.0995 e. The van der Waals surface area contributed by atoms with Gasteiger partial charge in [-0.15, -0.1) is 0 Å². The number of rotatable bonds is 6. The fourth-order valence-electron chi connectivity index (χ4n) is 2.69. The van der Waals surface area contributed by atoms with E-state index in [9.17, 15) is 0 Å². The van der Waals surface area contributed by atoms with E-state index in [1.165, 1.54) is 33.4 Å². The smallest absolute Gasteiger partial charge is 0.00646 e. The van der Waals surface area contributed by atoms with Crippen LogP contribution in [0.4, 0.5) is 0 Å². The van der Waals surface area contributed by atoms with E-state index in [0.29, 0.717) is 0 Å². The van der Waals surface area contributed by atoms with Crippen molar-refractivity contribution in [2.75, 3.05) is 0 Å². The van der Waals surface area contributed by atoms with Gasteiger partial charge in [0.1, 0.15) is 0 Å². The standard InChI is InChI=1S/C20H28/c1-8-9-15(4)13-20(14(2)3)18(7)19-11-10-16(5)12-17(19)6/h10-12H,2,4,8-9,13H2,1,3,5-7H3/b20-18-. The molecule has 0 heterocycles. The second-order valence-electron chi connectivity index (χ2n) is 5.88. The maximum Gasteiger partial charge on any atom is -0.00646 e. The summed E-state index contributed by atoms with van der Waals surface area (Å²) < 4.78 is 0. The summed E-state index contributed by atoms with van der Waals surface area (Å²) in [4.78, 5) is 0. The molecule has 1 rings (SSSR count). The first-order valence-electron chi connectivity index (χ1n) is 7.46. The SMILES string of the molecule is C=C(CCC)C/C(C(=C)C)=C(\C)c1ccc(C)cc1C. The van der Waals surface area contributed by atoms with Crippen LogP contribution in [0.5, 0.6) is 0 Å². The van der Waals surface area contributed by atoms with Gasteiger partial charge in [0.15, 0.2) is 0 Å². The van der Waals surface area contributed by atoms with Gasteiger partial charge in [0.05, 0.1) is 0 Å². The first-order valence-corrected chi connectivity index (χ1v) is 7.46. The Balaban J connectivity index is 3.21. The van der Waals surface area contributed by atoms with Crippen molar-refractivity contribution in [2.45, 2.75) is 53.9 Å². The lowest BCUT2D eigenvalue weighted by atomic mass is 9.89. The van der Waals surface area contributed by atoms with Crippen LogP contribution in [0.3, 0.4) is 0 Å². The molecule has 0 aliphatic heterocycles. The Bertz CT molecular complexity index is 541. The maximum absolute atomic E-state index is 4.20. The van der Waals surface area contributed by atoms with Crippen molar-refractivity contribution >= 4 is 5.57 Å². The first kappa shape index (κ1) is 16.5. The quantitative estimate of drug-likeness (QED) is 0.413. The summed E-state index contributed by atoms with van der Waals surface area (Å²) in [5, 5.41) is 0.